The summed E-state index contributed by atoms with van der Waals surface area (Å²) in [6.07, 6.45) is 6.16. The summed E-state index contributed by atoms with van der Waals surface area (Å²) in [4.78, 5) is 15.8. The highest BCUT2D eigenvalue weighted by Crippen LogP contribution is 2.32. The highest BCUT2D eigenvalue weighted by Gasteiger charge is 2.27. The Morgan fingerprint density at radius 1 is 1.17 bits per heavy atom. The predicted molar refractivity (Wildman–Crippen MR) is 92.9 cm³/mol. The summed E-state index contributed by atoms with van der Waals surface area (Å²) in [5.74, 6) is 0.982. The molecule has 2 heterocycles. The second-order valence-electron chi connectivity index (χ2n) is 7.25. The molecule has 23 heavy (non-hydrogen) atoms. The third-order valence-electron chi connectivity index (χ3n) is 5.42. The lowest BCUT2D eigenvalue weighted by atomic mass is 10.0. The maximum atomic E-state index is 11.5. The van der Waals surface area contributed by atoms with Gasteiger partial charge in [-0.15, -0.1) is 0 Å². The first-order chi connectivity index (χ1) is 11.2. The smallest absolute Gasteiger partial charge is 0.319 e. The molecule has 0 radical (unpaired) electrons. The molecule has 1 saturated heterocycles. The zero-order chi connectivity index (χ0) is 15.8. The minimum Gasteiger partial charge on any atom is -0.382 e. The van der Waals surface area contributed by atoms with Crippen molar-refractivity contribution >= 4 is 17.4 Å². The second-order valence-corrected chi connectivity index (χ2v) is 7.25. The molecule has 0 spiro atoms. The van der Waals surface area contributed by atoms with Crippen LogP contribution in [0.15, 0.2) is 18.2 Å². The molecule has 2 amide bonds. The summed E-state index contributed by atoms with van der Waals surface area (Å²) in [7, 11) is 0. The Balaban J connectivity index is 1.36. The molecule has 0 aromatic heterocycles. The highest BCUT2D eigenvalue weighted by molar-refractivity contribution is 5.93. The number of nitrogens with zero attached hydrogens (tertiary/aromatic N) is 2. The molecule has 1 saturated carbocycles. The van der Waals surface area contributed by atoms with E-state index in [1.54, 1.807) is 4.90 Å². The fourth-order valence-corrected chi connectivity index (χ4v) is 3.86. The first-order valence-electron chi connectivity index (χ1n) is 8.88. The Morgan fingerprint density at radius 3 is 2.65 bits per heavy atom. The molecular weight excluding hydrogens is 288 g/mol. The number of fused-ring (bicyclic) bond motifs is 1. The second kappa shape index (κ2) is 6.04. The van der Waals surface area contributed by atoms with Crippen molar-refractivity contribution in [2.24, 2.45) is 11.7 Å². The van der Waals surface area contributed by atoms with Gasteiger partial charge in [0, 0.05) is 37.9 Å². The van der Waals surface area contributed by atoms with Gasteiger partial charge in [0.05, 0.1) is 5.69 Å². The van der Waals surface area contributed by atoms with Gasteiger partial charge in [-0.25, -0.2) is 4.79 Å². The number of hydrogen-bond donors (Lipinski definition) is 2. The topological polar surface area (TPSA) is 61.6 Å². The van der Waals surface area contributed by atoms with Crippen LogP contribution in [0.2, 0.25) is 0 Å². The van der Waals surface area contributed by atoms with Crippen molar-refractivity contribution in [3.05, 3.63) is 23.8 Å². The van der Waals surface area contributed by atoms with Crippen LogP contribution in [-0.2, 0) is 6.42 Å². The lowest BCUT2D eigenvalue weighted by Gasteiger charge is -2.33. The van der Waals surface area contributed by atoms with Crippen molar-refractivity contribution in [1.82, 2.24) is 4.90 Å². The van der Waals surface area contributed by atoms with Crippen molar-refractivity contribution < 1.29 is 4.79 Å². The Kier molecular flexibility index (Phi) is 3.89. The van der Waals surface area contributed by atoms with Crippen molar-refractivity contribution in [3.8, 4) is 0 Å². The van der Waals surface area contributed by atoms with Crippen LogP contribution in [-0.4, -0.2) is 43.2 Å². The number of urea groups is 1. The van der Waals surface area contributed by atoms with Crippen LogP contribution in [0.1, 0.15) is 31.2 Å². The molecule has 5 nitrogen and oxygen atoms in total. The number of carbonyl (C=O) groups excluding carboxylic acids is 1. The lowest BCUT2D eigenvalue weighted by Crippen LogP contribution is -2.40. The van der Waals surface area contributed by atoms with Crippen molar-refractivity contribution in [1.29, 1.82) is 0 Å². The van der Waals surface area contributed by atoms with Crippen LogP contribution >= 0.6 is 0 Å². The fraction of sp³-hybridized carbons (Fsp3) is 0.611. The number of primary amides is 1. The summed E-state index contributed by atoms with van der Waals surface area (Å²) in [5.41, 5.74) is 8.77. The van der Waals surface area contributed by atoms with Gasteiger partial charge in [0.25, 0.3) is 0 Å². The number of benzene rings is 1. The summed E-state index contributed by atoms with van der Waals surface area (Å²) in [6.45, 7) is 4.41. The van der Waals surface area contributed by atoms with Crippen molar-refractivity contribution in [3.63, 3.8) is 0 Å². The number of anilines is 2. The predicted octanol–water partition coefficient (Wildman–Crippen LogP) is 2.41. The van der Waals surface area contributed by atoms with Gasteiger partial charge < -0.3 is 16.0 Å². The molecule has 3 N–H and O–H groups in total. The number of piperidine rings is 1. The average molecular weight is 314 g/mol. The van der Waals surface area contributed by atoms with E-state index in [9.17, 15) is 4.79 Å². The van der Waals surface area contributed by atoms with E-state index in [1.165, 1.54) is 50.9 Å². The normalized spacial score (nSPS) is 22.2. The SMILES string of the molecule is NC(=O)N1CCc2ccc(NC3CCN(CC4CC4)CC3)cc21. The third kappa shape index (κ3) is 3.29. The van der Waals surface area contributed by atoms with Crippen LogP contribution in [0.5, 0.6) is 0 Å². The Bertz CT molecular complexity index is 591. The zero-order valence-corrected chi connectivity index (χ0v) is 13.6. The standard InChI is InChI=1S/C18H26N4O/c19-18(23)22-10-5-14-3-4-16(11-17(14)22)20-15-6-8-21(9-7-15)12-13-1-2-13/h3-4,11,13,15,20H,1-2,5-10,12H2,(H2,19,23). The minimum atomic E-state index is -0.353. The van der Waals surface area contributed by atoms with Gasteiger partial charge in [-0.1, -0.05) is 6.07 Å². The number of carbonyl (C=O) groups is 1. The van der Waals surface area contributed by atoms with Gasteiger partial charge >= 0.3 is 6.03 Å². The monoisotopic (exact) mass is 314 g/mol. The lowest BCUT2D eigenvalue weighted by molar-refractivity contribution is 0.211. The third-order valence-corrected chi connectivity index (χ3v) is 5.42. The van der Waals surface area contributed by atoms with E-state index in [4.69, 9.17) is 5.73 Å². The number of likely N-dealkylation sites (tertiary alicyclic amines) is 1. The van der Waals surface area contributed by atoms with Crippen molar-refractivity contribution in [2.75, 3.05) is 36.4 Å². The van der Waals surface area contributed by atoms with E-state index in [2.05, 4.69) is 28.4 Å². The Hall–Kier alpha value is -1.75. The first kappa shape index (κ1) is 14.8. The maximum absolute atomic E-state index is 11.5. The molecule has 1 aromatic rings. The number of nitrogens with one attached hydrogen (secondary N) is 1. The first-order valence-corrected chi connectivity index (χ1v) is 8.88. The highest BCUT2D eigenvalue weighted by atomic mass is 16.2. The number of nitrogens with two attached hydrogens (primary N) is 1. The number of hydrogen-bond acceptors (Lipinski definition) is 3. The minimum absolute atomic E-state index is 0.353. The summed E-state index contributed by atoms with van der Waals surface area (Å²) >= 11 is 0. The van der Waals surface area contributed by atoms with E-state index in [0.29, 0.717) is 12.6 Å². The van der Waals surface area contributed by atoms with Gasteiger partial charge in [0.2, 0.25) is 0 Å². The molecule has 2 fully saturated rings. The largest absolute Gasteiger partial charge is 0.382 e. The van der Waals surface area contributed by atoms with Gasteiger partial charge in [0.15, 0.2) is 0 Å². The molecule has 0 atom stereocenters. The molecular formula is C18H26N4O. The molecule has 0 bridgehead atoms. The zero-order valence-electron chi connectivity index (χ0n) is 13.6. The molecule has 1 aromatic carbocycles. The summed E-state index contributed by atoms with van der Waals surface area (Å²) < 4.78 is 0. The van der Waals surface area contributed by atoms with Gasteiger partial charge in [-0.2, -0.15) is 0 Å². The van der Waals surface area contributed by atoms with Crippen molar-refractivity contribution in [2.45, 2.75) is 38.1 Å². The van der Waals surface area contributed by atoms with E-state index < -0.39 is 0 Å². The van der Waals surface area contributed by atoms with E-state index in [0.717, 1.165) is 23.7 Å². The fourth-order valence-electron chi connectivity index (χ4n) is 3.86. The molecule has 2 aliphatic heterocycles. The van der Waals surface area contributed by atoms with Gasteiger partial charge in [-0.3, -0.25) is 4.90 Å². The van der Waals surface area contributed by atoms with Crippen LogP contribution in [0.25, 0.3) is 0 Å². The van der Waals surface area contributed by atoms with E-state index >= 15 is 0 Å². The van der Waals surface area contributed by atoms with E-state index in [-0.39, 0.29) is 6.03 Å². The van der Waals surface area contributed by atoms with Crippen LogP contribution in [0.3, 0.4) is 0 Å². The van der Waals surface area contributed by atoms with Crippen LogP contribution in [0.4, 0.5) is 16.2 Å². The molecule has 0 unspecified atom stereocenters. The summed E-state index contributed by atoms with van der Waals surface area (Å²) in [5, 5.41) is 3.65. The molecule has 5 heteroatoms. The Morgan fingerprint density at radius 2 is 1.96 bits per heavy atom. The van der Waals surface area contributed by atoms with Crippen LogP contribution < -0.4 is 16.0 Å². The molecule has 4 rings (SSSR count). The maximum Gasteiger partial charge on any atom is 0.319 e. The number of rotatable bonds is 4. The number of amides is 2. The molecule has 1 aliphatic carbocycles. The summed E-state index contributed by atoms with van der Waals surface area (Å²) in [6, 6.07) is 6.54. The quantitative estimate of drug-likeness (QED) is 0.897. The Labute approximate surface area is 137 Å². The molecule has 3 aliphatic rings. The van der Waals surface area contributed by atoms with Gasteiger partial charge in [0.1, 0.15) is 0 Å². The average Bonchev–Trinajstić information content (AvgIpc) is 3.25. The molecule has 124 valence electrons. The van der Waals surface area contributed by atoms with Crippen LogP contribution in [0, 0.1) is 5.92 Å². The van der Waals surface area contributed by atoms with E-state index in [1.807, 2.05) is 0 Å². The van der Waals surface area contributed by atoms with Gasteiger partial charge in [-0.05, 0) is 55.7 Å².